The normalized spacial score (nSPS) is 12.3. The Labute approximate surface area is 126 Å². The number of halogens is 1. The number of benzene rings is 2. The van der Waals surface area contributed by atoms with Crippen LogP contribution in [0.2, 0.25) is 0 Å². The zero-order valence-corrected chi connectivity index (χ0v) is 11.7. The lowest BCUT2D eigenvalue weighted by Gasteiger charge is -2.01. The number of alkyl halides is 1. The van der Waals surface area contributed by atoms with Gasteiger partial charge in [0, 0.05) is 16.7 Å². The molecule has 0 atom stereocenters. The summed E-state index contributed by atoms with van der Waals surface area (Å²) in [6.07, 6.45) is 1.53. The Hall–Kier alpha value is -2.39. The van der Waals surface area contributed by atoms with Crippen LogP contribution in [0.1, 0.15) is 21.6 Å². The summed E-state index contributed by atoms with van der Waals surface area (Å²) in [4.78, 5) is 16.7. The largest absolute Gasteiger partial charge is 0.444 e. The number of oxazole rings is 1. The van der Waals surface area contributed by atoms with Crippen LogP contribution in [0.3, 0.4) is 0 Å². The van der Waals surface area contributed by atoms with E-state index in [1.54, 1.807) is 0 Å². The molecule has 21 heavy (non-hydrogen) atoms. The third-order valence-corrected chi connectivity index (χ3v) is 3.94. The Morgan fingerprint density at radius 3 is 2.52 bits per heavy atom. The Morgan fingerprint density at radius 1 is 1.00 bits per heavy atom. The molecule has 102 valence electrons. The van der Waals surface area contributed by atoms with E-state index in [2.05, 4.69) is 4.98 Å². The van der Waals surface area contributed by atoms with E-state index in [0.29, 0.717) is 23.0 Å². The minimum absolute atomic E-state index is 0.0478. The highest BCUT2D eigenvalue weighted by molar-refractivity contribution is 6.22. The fourth-order valence-electron chi connectivity index (χ4n) is 2.66. The van der Waals surface area contributed by atoms with E-state index < -0.39 is 0 Å². The predicted molar refractivity (Wildman–Crippen MR) is 80.4 cm³/mol. The SMILES string of the molecule is O=C1c2ccccc2-c2ccc(-c3nc(CCl)co3)cc21. The Morgan fingerprint density at radius 2 is 1.76 bits per heavy atom. The molecule has 0 bridgehead atoms. The number of nitrogens with zero attached hydrogens (tertiary/aromatic N) is 1. The summed E-state index contributed by atoms with van der Waals surface area (Å²) in [7, 11) is 0. The fourth-order valence-corrected chi connectivity index (χ4v) is 2.78. The second-order valence-electron chi connectivity index (χ2n) is 4.91. The number of hydrogen-bond acceptors (Lipinski definition) is 3. The van der Waals surface area contributed by atoms with Gasteiger partial charge in [-0.2, -0.15) is 0 Å². The Bertz CT molecular complexity index is 867. The van der Waals surface area contributed by atoms with Crippen molar-refractivity contribution in [1.29, 1.82) is 0 Å². The summed E-state index contributed by atoms with van der Waals surface area (Å²) in [6.45, 7) is 0. The van der Waals surface area contributed by atoms with Crippen molar-refractivity contribution in [2.45, 2.75) is 5.88 Å². The van der Waals surface area contributed by atoms with Crippen molar-refractivity contribution in [3.8, 4) is 22.6 Å². The molecule has 0 spiro atoms. The Kier molecular flexibility index (Phi) is 2.69. The van der Waals surface area contributed by atoms with Gasteiger partial charge >= 0.3 is 0 Å². The average molecular weight is 296 g/mol. The summed E-state index contributed by atoms with van der Waals surface area (Å²) in [6, 6.07) is 13.3. The molecule has 4 rings (SSSR count). The molecular weight excluding hydrogens is 286 g/mol. The molecule has 0 N–H and O–H groups in total. The minimum Gasteiger partial charge on any atom is -0.444 e. The molecule has 4 heteroatoms. The van der Waals surface area contributed by atoms with Crippen LogP contribution in [0.15, 0.2) is 53.1 Å². The van der Waals surface area contributed by atoms with Gasteiger partial charge in [-0.25, -0.2) is 4.98 Å². The second kappa shape index (κ2) is 4.57. The molecule has 0 saturated carbocycles. The van der Waals surface area contributed by atoms with Crippen LogP contribution in [0.25, 0.3) is 22.6 Å². The highest BCUT2D eigenvalue weighted by Crippen LogP contribution is 2.38. The molecule has 1 heterocycles. The van der Waals surface area contributed by atoms with Crippen LogP contribution in [0.4, 0.5) is 0 Å². The molecule has 0 saturated heterocycles. The molecule has 1 aliphatic rings. The third kappa shape index (κ3) is 1.82. The van der Waals surface area contributed by atoms with Crippen molar-refractivity contribution in [2.75, 3.05) is 0 Å². The summed E-state index contributed by atoms with van der Waals surface area (Å²) < 4.78 is 5.41. The van der Waals surface area contributed by atoms with Crippen LogP contribution in [0.5, 0.6) is 0 Å². The first-order chi connectivity index (χ1) is 10.3. The highest BCUT2D eigenvalue weighted by atomic mass is 35.5. The van der Waals surface area contributed by atoms with Gasteiger partial charge < -0.3 is 4.42 Å². The van der Waals surface area contributed by atoms with E-state index in [9.17, 15) is 4.79 Å². The number of ketones is 1. The van der Waals surface area contributed by atoms with Gasteiger partial charge in [0.15, 0.2) is 5.78 Å². The number of aromatic nitrogens is 1. The van der Waals surface area contributed by atoms with E-state index in [1.807, 2.05) is 42.5 Å². The first-order valence-electron chi connectivity index (χ1n) is 6.57. The standard InChI is InChI=1S/C17H10ClNO2/c18-8-11-9-21-17(19-11)10-5-6-13-12-3-1-2-4-14(12)16(20)15(13)7-10/h1-7,9H,8H2. The van der Waals surface area contributed by atoms with Crippen LogP contribution in [-0.2, 0) is 5.88 Å². The average Bonchev–Trinajstić information content (AvgIpc) is 3.12. The number of hydrogen-bond donors (Lipinski definition) is 0. The minimum atomic E-state index is 0.0478. The molecule has 1 aromatic heterocycles. The van der Waals surface area contributed by atoms with Crippen molar-refractivity contribution in [1.82, 2.24) is 4.98 Å². The van der Waals surface area contributed by atoms with Crippen molar-refractivity contribution >= 4 is 17.4 Å². The monoisotopic (exact) mass is 295 g/mol. The van der Waals surface area contributed by atoms with E-state index in [0.717, 1.165) is 22.3 Å². The van der Waals surface area contributed by atoms with Gasteiger partial charge in [-0.15, -0.1) is 11.6 Å². The van der Waals surface area contributed by atoms with Crippen LogP contribution in [0, 0.1) is 0 Å². The van der Waals surface area contributed by atoms with Gasteiger partial charge in [0.2, 0.25) is 5.89 Å². The zero-order chi connectivity index (χ0) is 14.4. The van der Waals surface area contributed by atoms with Gasteiger partial charge in [0.25, 0.3) is 0 Å². The highest BCUT2D eigenvalue weighted by Gasteiger charge is 2.26. The van der Waals surface area contributed by atoms with Crippen LogP contribution < -0.4 is 0 Å². The van der Waals surface area contributed by atoms with Gasteiger partial charge in [0.1, 0.15) is 6.26 Å². The molecule has 3 aromatic rings. The van der Waals surface area contributed by atoms with E-state index >= 15 is 0 Å². The van der Waals surface area contributed by atoms with Gasteiger partial charge in [-0.3, -0.25) is 4.79 Å². The smallest absolute Gasteiger partial charge is 0.226 e. The van der Waals surface area contributed by atoms with E-state index in [-0.39, 0.29) is 5.78 Å². The van der Waals surface area contributed by atoms with E-state index in [4.69, 9.17) is 16.0 Å². The van der Waals surface area contributed by atoms with Crippen molar-refractivity contribution in [3.05, 3.63) is 65.5 Å². The maximum atomic E-state index is 12.5. The first kappa shape index (κ1) is 12.4. The molecule has 1 aliphatic carbocycles. The molecular formula is C17H10ClNO2. The van der Waals surface area contributed by atoms with Crippen LogP contribution in [-0.4, -0.2) is 10.8 Å². The van der Waals surface area contributed by atoms with Crippen molar-refractivity contribution in [2.24, 2.45) is 0 Å². The molecule has 0 unspecified atom stereocenters. The number of carbonyl (C=O) groups excluding carboxylic acids is 1. The second-order valence-corrected chi connectivity index (χ2v) is 5.18. The first-order valence-corrected chi connectivity index (χ1v) is 7.10. The summed E-state index contributed by atoms with van der Waals surface area (Å²) in [5, 5.41) is 0. The number of carbonyl (C=O) groups is 1. The van der Waals surface area contributed by atoms with Crippen molar-refractivity contribution in [3.63, 3.8) is 0 Å². The fraction of sp³-hybridized carbons (Fsp3) is 0.0588. The maximum absolute atomic E-state index is 12.5. The van der Waals surface area contributed by atoms with Gasteiger partial charge in [-0.05, 0) is 23.3 Å². The molecule has 2 aromatic carbocycles. The maximum Gasteiger partial charge on any atom is 0.226 e. The topological polar surface area (TPSA) is 43.1 Å². The molecule has 0 fully saturated rings. The molecule has 3 nitrogen and oxygen atoms in total. The third-order valence-electron chi connectivity index (χ3n) is 3.66. The van der Waals surface area contributed by atoms with E-state index in [1.165, 1.54) is 6.26 Å². The summed E-state index contributed by atoms with van der Waals surface area (Å²) in [5.74, 6) is 0.836. The summed E-state index contributed by atoms with van der Waals surface area (Å²) >= 11 is 5.73. The predicted octanol–water partition coefficient (Wildman–Crippen LogP) is 4.29. The van der Waals surface area contributed by atoms with Crippen molar-refractivity contribution < 1.29 is 9.21 Å². The lowest BCUT2D eigenvalue weighted by Crippen LogP contribution is -1.95. The molecule has 0 amide bonds. The molecule has 0 aliphatic heterocycles. The van der Waals surface area contributed by atoms with Gasteiger partial charge in [-0.1, -0.05) is 30.3 Å². The molecule has 0 radical (unpaired) electrons. The summed E-state index contributed by atoms with van der Waals surface area (Å²) in [5.41, 5.74) is 4.85. The van der Waals surface area contributed by atoms with Gasteiger partial charge in [0.05, 0.1) is 11.6 Å². The zero-order valence-electron chi connectivity index (χ0n) is 11.0. The number of fused-ring (bicyclic) bond motifs is 3. The Balaban J connectivity index is 1.85. The lowest BCUT2D eigenvalue weighted by atomic mass is 10.0. The lowest BCUT2D eigenvalue weighted by molar-refractivity contribution is 0.104. The number of rotatable bonds is 2. The van der Waals surface area contributed by atoms with Crippen LogP contribution >= 0.6 is 11.6 Å². The quantitative estimate of drug-likeness (QED) is 0.518.